The van der Waals surface area contributed by atoms with Gasteiger partial charge in [-0.3, -0.25) is 9.78 Å². The van der Waals surface area contributed by atoms with E-state index in [9.17, 15) is 13.6 Å². The normalized spacial score (nSPS) is 10.5. The van der Waals surface area contributed by atoms with E-state index in [1.165, 1.54) is 12.3 Å². The molecule has 0 radical (unpaired) electrons. The van der Waals surface area contributed by atoms with Gasteiger partial charge in [-0.2, -0.15) is 0 Å². The van der Waals surface area contributed by atoms with Crippen molar-refractivity contribution in [2.75, 3.05) is 19.0 Å². The fourth-order valence-corrected chi connectivity index (χ4v) is 1.40. The number of aromatic nitrogens is 1. The number of carbonyl (C=O) groups is 1. The molecule has 0 aromatic carbocycles. The summed E-state index contributed by atoms with van der Waals surface area (Å²) in [6, 6.07) is 4.76. The topological polar surface area (TPSA) is 33.2 Å². The number of nitrogens with zero attached hydrogens (tertiary/aromatic N) is 2. The number of amides is 1. The van der Waals surface area contributed by atoms with Crippen molar-refractivity contribution >= 4 is 17.5 Å². The average molecular weight is 249 g/mol. The molecule has 1 amide bonds. The fraction of sp³-hybridized carbons (Fsp3) is 0.400. The zero-order valence-electron chi connectivity index (χ0n) is 8.44. The van der Waals surface area contributed by atoms with Crippen LogP contribution in [0.1, 0.15) is 10.5 Å². The molecule has 0 saturated carbocycles. The minimum Gasteiger partial charge on any atom is -0.330 e. The largest absolute Gasteiger partial charge is 0.330 e. The Hall–Kier alpha value is -1.23. The Kier molecular flexibility index (Phi) is 5.11. The molecule has 0 aliphatic heterocycles. The Morgan fingerprint density at radius 1 is 1.50 bits per heavy atom. The molecule has 0 N–H and O–H groups in total. The molecule has 1 aromatic heterocycles. The summed E-state index contributed by atoms with van der Waals surface area (Å²) >= 11 is 5.45. The fourth-order valence-electron chi connectivity index (χ4n) is 1.20. The number of halogens is 3. The van der Waals surface area contributed by atoms with Crippen LogP contribution in [0.5, 0.6) is 0 Å². The lowest BCUT2D eigenvalue weighted by atomic mass is 10.3. The standard InChI is InChI=1S/C10H11ClF2N2O/c11-4-6-15(7-9(12)13)10(16)8-3-1-2-5-14-8/h1-3,5,9H,4,6-7H2. The number of pyridine rings is 1. The third kappa shape index (κ3) is 3.73. The van der Waals surface area contributed by atoms with E-state index in [0.29, 0.717) is 0 Å². The van der Waals surface area contributed by atoms with Gasteiger partial charge in [-0.15, -0.1) is 11.6 Å². The van der Waals surface area contributed by atoms with Crippen LogP contribution in [0.2, 0.25) is 0 Å². The van der Waals surface area contributed by atoms with Crippen molar-refractivity contribution in [2.24, 2.45) is 0 Å². The Balaban J connectivity index is 2.74. The van der Waals surface area contributed by atoms with Crippen molar-refractivity contribution in [2.45, 2.75) is 6.43 Å². The van der Waals surface area contributed by atoms with Gasteiger partial charge in [0.1, 0.15) is 5.69 Å². The SMILES string of the molecule is O=C(c1ccccn1)N(CCCl)CC(F)F. The van der Waals surface area contributed by atoms with Crippen molar-refractivity contribution in [3.63, 3.8) is 0 Å². The minimum absolute atomic E-state index is 0.0846. The van der Waals surface area contributed by atoms with Gasteiger partial charge in [0.05, 0.1) is 6.54 Å². The molecule has 0 fully saturated rings. The molecular weight excluding hydrogens is 238 g/mol. The van der Waals surface area contributed by atoms with Gasteiger partial charge in [-0.25, -0.2) is 8.78 Å². The van der Waals surface area contributed by atoms with Crippen LogP contribution in [-0.2, 0) is 0 Å². The summed E-state index contributed by atoms with van der Waals surface area (Å²) in [6.45, 7) is -0.538. The van der Waals surface area contributed by atoms with Crippen molar-refractivity contribution in [3.05, 3.63) is 30.1 Å². The molecular formula is C10H11ClF2N2O. The molecule has 0 aliphatic rings. The number of carbonyl (C=O) groups excluding carboxylic acids is 1. The minimum atomic E-state index is -2.57. The molecule has 0 bridgehead atoms. The molecule has 0 unspecified atom stereocenters. The smallest absolute Gasteiger partial charge is 0.272 e. The van der Waals surface area contributed by atoms with Crippen LogP contribution < -0.4 is 0 Å². The summed E-state index contributed by atoms with van der Waals surface area (Å²) in [5, 5.41) is 0. The van der Waals surface area contributed by atoms with E-state index in [2.05, 4.69) is 4.98 Å². The first-order valence-electron chi connectivity index (χ1n) is 4.69. The second kappa shape index (κ2) is 6.37. The second-order valence-electron chi connectivity index (χ2n) is 3.05. The van der Waals surface area contributed by atoms with Crippen LogP contribution in [0.3, 0.4) is 0 Å². The first kappa shape index (κ1) is 12.8. The number of alkyl halides is 3. The zero-order chi connectivity index (χ0) is 12.0. The predicted octanol–water partition coefficient (Wildman–Crippen LogP) is 2.03. The number of hydrogen-bond donors (Lipinski definition) is 0. The summed E-state index contributed by atoms with van der Waals surface area (Å²) < 4.78 is 24.5. The average Bonchev–Trinajstić information content (AvgIpc) is 2.28. The molecule has 6 heteroatoms. The van der Waals surface area contributed by atoms with Crippen molar-refractivity contribution in [1.29, 1.82) is 0 Å². The second-order valence-corrected chi connectivity index (χ2v) is 3.42. The quantitative estimate of drug-likeness (QED) is 0.747. The molecule has 1 heterocycles. The van der Waals surface area contributed by atoms with Gasteiger partial charge in [-0.1, -0.05) is 6.07 Å². The molecule has 1 rings (SSSR count). The Morgan fingerprint density at radius 3 is 2.75 bits per heavy atom. The highest BCUT2D eigenvalue weighted by Gasteiger charge is 2.19. The zero-order valence-corrected chi connectivity index (χ0v) is 9.20. The Bertz CT molecular complexity index is 335. The van der Waals surface area contributed by atoms with E-state index in [-0.39, 0.29) is 18.1 Å². The predicted molar refractivity (Wildman–Crippen MR) is 56.9 cm³/mol. The van der Waals surface area contributed by atoms with E-state index < -0.39 is 18.9 Å². The van der Waals surface area contributed by atoms with Crippen LogP contribution in [-0.4, -0.2) is 41.2 Å². The molecule has 0 saturated heterocycles. The summed E-state index contributed by atoms with van der Waals surface area (Å²) in [5.41, 5.74) is 0.147. The first-order valence-corrected chi connectivity index (χ1v) is 5.23. The number of rotatable bonds is 5. The lowest BCUT2D eigenvalue weighted by Crippen LogP contribution is -2.37. The third-order valence-corrected chi connectivity index (χ3v) is 2.05. The van der Waals surface area contributed by atoms with Crippen molar-refractivity contribution in [1.82, 2.24) is 9.88 Å². The molecule has 0 atom stereocenters. The summed E-state index contributed by atoms with van der Waals surface area (Å²) in [5.74, 6) is -0.410. The summed E-state index contributed by atoms with van der Waals surface area (Å²) in [7, 11) is 0. The maximum absolute atomic E-state index is 12.2. The molecule has 1 aromatic rings. The first-order chi connectivity index (χ1) is 7.65. The van der Waals surface area contributed by atoms with Crippen LogP contribution in [0.25, 0.3) is 0 Å². The molecule has 3 nitrogen and oxygen atoms in total. The highest BCUT2D eigenvalue weighted by Crippen LogP contribution is 2.05. The highest BCUT2D eigenvalue weighted by molar-refractivity contribution is 6.18. The lowest BCUT2D eigenvalue weighted by molar-refractivity contribution is 0.0566. The van der Waals surface area contributed by atoms with Crippen LogP contribution in [0.4, 0.5) is 8.78 Å². The van der Waals surface area contributed by atoms with Gasteiger partial charge in [0.25, 0.3) is 12.3 Å². The molecule has 0 aliphatic carbocycles. The summed E-state index contributed by atoms with van der Waals surface area (Å²) in [4.78, 5) is 16.6. The molecule has 88 valence electrons. The monoisotopic (exact) mass is 248 g/mol. The number of hydrogen-bond acceptors (Lipinski definition) is 2. The maximum Gasteiger partial charge on any atom is 0.272 e. The van der Waals surface area contributed by atoms with Crippen LogP contribution >= 0.6 is 11.6 Å². The van der Waals surface area contributed by atoms with Crippen LogP contribution in [0.15, 0.2) is 24.4 Å². The van der Waals surface area contributed by atoms with Crippen LogP contribution in [0, 0.1) is 0 Å². The van der Waals surface area contributed by atoms with E-state index in [0.717, 1.165) is 4.90 Å². The highest BCUT2D eigenvalue weighted by atomic mass is 35.5. The van der Waals surface area contributed by atoms with E-state index >= 15 is 0 Å². The van der Waals surface area contributed by atoms with Crippen molar-refractivity contribution < 1.29 is 13.6 Å². The van der Waals surface area contributed by atoms with Gasteiger partial charge in [-0.05, 0) is 12.1 Å². The Labute approximate surface area is 97.0 Å². The van der Waals surface area contributed by atoms with Gasteiger partial charge in [0, 0.05) is 18.6 Å². The van der Waals surface area contributed by atoms with Gasteiger partial charge >= 0.3 is 0 Å². The van der Waals surface area contributed by atoms with E-state index in [4.69, 9.17) is 11.6 Å². The van der Waals surface area contributed by atoms with Gasteiger partial charge in [0.15, 0.2) is 0 Å². The van der Waals surface area contributed by atoms with E-state index in [1.807, 2.05) is 0 Å². The molecule has 16 heavy (non-hydrogen) atoms. The summed E-state index contributed by atoms with van der Waals surface area (Å²) in [6.07, 6.45) is -1.13. The van der Waals surface area contributed by atoms with Gasteiger partial charge in [0.2, 0.25) is 0 Å². The third-order valence-electron chi connectivity index (χ3n) is 1.88. The van der Waals surface area contributed by atoms with Crippen molar-refractivity contribution in [3.8, 4) is 0 Å². The lowest BCUT2D eigenvalue weighted by Gasteiger charge is -2.20. The molecule has 0 spiro atoms. The Morgan fingerprint density at radius 2 is 2.25 bits per heavy atom. The van der Waals surface area contributed by atoms with Gasteiger partial charge < -0.3 is 4.90 Å². The van der Waals surface area contributed by atoms with E-state index in [1.54, 1.807) is 12.1 Å². The maximum atomic E-state index is 12.2.